The quantitative estimate of drug-likeness (QED) is 0.344. The number of fused-ring (bicyclic) bond motifs is 1. The first-order chi connectivity index (χ1) is 19.4. The molecule has 1 N–H and O–H groups in total. The van der Waals surface area contributed by atoms with E-state index in [-0.39, 0.29) is 17.2 Å². The molecule has 0 bridgehead atoms. The van der Waals surface area contributed by atoms with Gasteiger partial charge in [-0.25, -0.2) is 13.5 Å². The number of nitrogens with zero attached hydrogens (tertiary/aromatic N) is 6. The largest absolute Gasteiger partial charge is 0.367 e. The van der Waals surface area contributed by atoms with Gasteiger partial charge in [-0.05, 0) is 71.3 Å². The van der Waals surface area contributed by atoms with Crippen molar-refractivity contribution in [3.63, 3.8) is 0 Å². The van der Waals surface area contributed by atoms with Crippen LogP contribution in [0.1, 0.15) is 34.1 Å². The Morgan fingerprint density at radius 3 is 2.40 bits per heavy atom. The number of pyridine rings is 1. The van der Waals surface area contributed by atoms with Crippen molar-refractivity contribution in [3.05, 3.63) is 117 Å². The first-order valence-corrected chi connectivity index (χ1v) is 13.3. The number of hydrogen-bond donors (Lipinski definition) is 1. The molecule has 1 atom stereocenters. The highest BCUT2D eigenvalue weighted by atomic mass is 19.1. The van der Waals surface area contributed by atoms with Gasteiger partial charge in [0.25, 0.3) is 5.56 Å². The number of halogens is 2. The fraction of sp³-hybridized carbons (Fsp3) is 0.267. The highest BCUT2D eigenvalue weighted by Gasteiger charge is 2.33. The van der Waals surface area contributed by atoms with E-state index in [2.05, 4.69) is 25.4 Å². The maximum atomic E-state index is 14.5. The predicted molar refractivity (Wildman–Crippen MR) is 149 cm³/mol. The number of tetrazole rings is 1. The molecular weight excluding hydrogens is 512 g/mol. The van der Waals surface area contributed by atoms with Crippen molar-refractivity contribution in [2.45, 2.75) is 26.4 Å². The zero-order chi connectivity index (χ0) is 27.8. The second-order valence-electron chi connectivity index (χ2n) is 10.2. The van der Waals surface area contributed by atoms with E-state index in [9.17, 15) is 13.6 Å². The zero-order valence-corrected chi connectivity index (χ0v) is 22.3. The Kier molecular flexibility index (Phi) is 6.85. The number of anilines is 1. The van der Waals surface area contributed by atoms with Crippen LogP contribution in [0.15, 0.2) is 71.5 Å². The van der Waals surface area contributed by atoms with E-state index in [1.54, 1.807) is 28.9 Å². The highest BCUT2D eigenvalue weighted by molar-refractivity contribution is 5.85. The predicted octanol–water partition coefficient (Wildman–Crippen LogP) is 4.37. The second-order valence-corrected chi connectivity index (χ2v) is 10.2. The molecule has 1 fully saturated rings. The zero-order valence-electron chi connectivity index (χ0n) is 22.3. The number of aryl methyl sites for hydroxylation is 2. The van der Waals surface area contributed by atoms with E-state index < -0.39 is 6.04 Å². The van der Waals surface area contributed by atoms with E-state index in [1.807, 2.05) is 43.0 Å². The standard InChI is InChI=1S/C30H29F2N7O/c1-19-7-8-20(2)27-23(19)17-24(30(40)33-27)28(29-34-35-36-39(29)18-21-9-11-22(31)12-10-21)38-15-13-37(14-16-38)26-6-4-3-5-25(26)32/h3-12,17,28H,13-16,18H2,1-2H3,(H,33,40)/t28-/m1/s1. The van der Waals surface area contributed by atoms with Crippen LogP contribution in [-0.4, -0.2) is 56.3 Å². The molecule has 0 radical (unpaired) electrons. The molecule has 3 aromatic carbocycles. The third-order valence-electron chi connectivity index (χ3n) is 7.69. The van der Waals surface area contributed by atoms with E-state index in [0.717, 1.165) is 27.6 Å². The Labute approximate surface area is 229 Å². The molecule has 0 unspecified atom stereocenters. The fourth-order valence-electron chi connectivity index (χ4n) is 5.51. The molecular formula is C30H29F2N7O. The summed E-state index contributed by atoms with van der Waals surface area (Å²) >= 11 is 0. The van der Waals surface area contributed by atoms with Gasteiger partial charge in [0.2, 0.25) is 0 Å². The maximum Gasteiger partial charge on any atom is 0.253 e. The normalized spacial score (nSPS) is 15.1. The summed E-state index contributed by atoms with van der Waals surface area (Å²) in [4.78, 5) is 20.9. The van der Waals surface area contributed by atoms with Crippen molar-refractivity contribution in [3.8, 4) is 0 Å². The molecule has 204 valence electrons. The number of aromatic nitrogens is 5. The maximum absolute atomic E-state index is 14.5. The van der Waals surface area contributed by atoms with Crippen molar-refractivity contribution >= 4 is 16.6 Å². The average Bonchev–Trinajstić information content (AvgIpc) is 3.41. The lowest BCUT2D eigenvalue weighted by Crippen LogP contribution is -2.49. The fourth-order valence-corrected chi connectivity index (χ4v) is 5.51. The summed E-state index contributed by atoms with van der Waals surface area (Å²) in [6, 6.07) is 18.4. The van der Waals surface area contributed by atoms with Gasteiger partial charge in [-0.15, -0.1) is 5.10 Å². The summed E-state index contributed by atoms with van der Waals surface area (Å²) in [6.07, 6.45) is 0. The molecule has 10 heteroatoms. The first kappa shape index (κ1) is 25.8. The molecule has 8 nitrogen and oxygen atoms in total. The van der Waals surface area contributed by atoms with Crippen molar-refractivity contribution < 1.29 is 8.78 Å². The molecule has 6 rings (SSSR count). The summed E-state index contributed by atoms with van der Waals surface area (Å²) in [5.74, 6) is -0.0639. The number of hydrogen-bond acceptors (Lipinski definition) is 6. The molecule has 2 aromatic heterocycles. The minimum atomic E-state index is -0.550. The SMILES string of the molecule is Cc1ccc(C)c2[nH]c(=O)c([C@H](c3nnnn3Cc3ccc(F)cc3)N3CCN(c4ccccc4F)CC3)cc12. The minimum Gasteiger partial charge on any atom is -0.367 e. The van der Waals surface area contributed by atoms with Gasteiger partial charge in [0.15, 0.2) is 5.82 Å². The summed E-state index contributed by atoms with van der Waals surface area (Å²) in [5, 5.41) is 13.6. The Balaban J connectivity index is 1.41. The van der Waals surface area contributed by atoms with Crippen molar-refractivity contribution in [2.75, 3.05) is 31.1 Å². The van der Waals surface area contributed by atoms with Gasteiger partial charge in [0.1, 0.15) is 17.7 Å². The summed E-state index contributed by atoms with van der Waals surface area (Å²) in [7, 11) is 0. The summed E-state index contributed by atoms with van der Waals surface area (Å²) in [5.41, 5.74) is 4.57. The van der Waals surface area contributed by atoms with Crippen LogP contribution in [-0.2, 0) is 6.54 Å². The van der Waals surface area contributed by atoms with Crippen LogP contribution >= 0.6 is 0 Å². The summed E-state index contributed by atoms with van der Waals surface area (Å²) < 4.78 is 29.7. The number of H-pyrrole nitrogens is 1. The first-order valence-electron chi connectivity index (χ1n) is 13.3. The van der Waals surface area contributed by atoms with Crippen molar-refractivity contribution in [2.24, 2.45) is 0 Å². The monoisotopic (exact) mass is 541 g/mol. The number of nitrogens with one attached hydrogen (secondary N) is 1. The topological polar surface area (TPSA) is 82.9 Å². The summed E-state index contributed by atoms with van der Waals surface area (Å²) in [6.45, 7) is 6.57. The molecule has 40 heavy (non-hydrogen) atoms. The van der Waals surface area contributed by atoms with Crippen LogP contribution in [0, 0.1) is 25.5 Å². The van der Waals surface area contributed by atoms with Crippen molar-refractivity contribution in [1.29, 1.82) is 0 Å². The number of piperazine rings is 1. The third-order valence-corrected chi connectivity index (χ3v) is 7.69. The van der Waals surface area contributed by atoms with Crippen LogP contribution in [0.25, 0.3) is 10.9 Å². The number of para-hydroxylation sites is 1. The Morgan fingerprint density at radius 2 is 1.65 bits per heavy atom. The Hall–Kier alpha value is -4.44. The molecule has 0 amide bonds. The molecule has 1 saturated heterocycles. The van der Waals surface area contributed by atoms with Crippen LogP contribution in [0.5, 0.6) is 0 Å². The van der Waals surface area contributed by atoms with Gasteiger partial charge in [0.05, 0.1) is 17.7 Å². The van der Waals surface area contributed by atoms with Gasteiger partial charge in [-0.2, -0.15) is 0 Å². The molecule has 1 aliphatic heterocycles. The molecule has 0 spiro atoms. The molecule has 3 heterocycles. The van der Waals surface area contributed by atoms with Gasteiger partial charge in [-0.1, -0.05) is 36.4 Å². The van der Waals surface area contributed by atoms with Gasteiger partial charge in [-0.3, -0.25) is 9.69 Å². The van der Waals surface area contributed by atoms with Crippen LogP contribution in [0.4, 0.5) is 14.5 Å². The molecule has 5 aromatic rings. The van der Waals surface area contributed by atoms with Crippen LogP contribution in [0.3, 0.4) is 0 Å². The lowest BCUT2D eigenvalue weighted by atomic mass is 9.99. The van der Waals surface area contributed by atoms with E-state index in [4.69, 9.17) is 0 Å². The van der Waals surface area contributed by atoms with Gasteiger partial charge >= 0.3 is 0 Å². The van der Waals surface area contributed by atoms with E-state index in [1.165, 1.54) is 18.2 Å². The third kappa shape index (κ3) is 4.86. The lowest BCUT2D eigenvalue weighted by molar-refractivity contribution is 0.200. The molecule has 0 saturated carbocycles. The molecule has 0 aliphatic carbocycles. The Morgan fingerprint density at radius 1 is 0.925 bits per heavy atom. The lowest BCUT2D eigenvalue weighted by Gasteiger charge is -2.39. The average molecular weight is 542 g/mol. The molecule has 1 aliphatic rings. The number of benzene rings is 3. The minimum absolute atomic E-state index is 0.209. The van der Waals surface area contributed by atoms with E-state index >= 15 is 0 Å². The van der Waals surface area contributed by atoms with Gasteiger partial charge in [0, 0.05) is 37.1 Å². The number of aromatic amines is 1. The van der Waals surface area contributed by atoms with Crippen molar-refractivity contribution in [1.82, 2.24) is 30.1 Å². The second kappa shape index (κ2) is 10.6. The van der Waals surface area contributed by atoms with Gasteiger partial charge < -0.3 is 9.88 Å². The van der Waals surface area contributed by atoms with E-state index in [0.29, 0.717) is 49.8 Å². The Bertz CT molecular complexity index is 1720. The highest BCUT2D eigenvalue weighted by Crippen LogP contribution is 2.31. The smallest absolute Gasteiger partial charge is 0.253 e. The number of rotatable bonds is 6. The van der Waals surface area contributed by atoms with Crippen LogP contribution in [0.2, 0.25) is 0 Å². The van der Waals surface area contributed by atoms with Crippen LogP contribution < -0.4 is 10.5 Å².